The van der Waals surface area contributed by atoms with Crippen LogP contribution in [0.15, 0.2) is 72.9 Å². The lowest BCUT2D eigenvalue weighted by molar-refractivity contribution is 0.103. The molecule has 3 heteroatoms. The number of ether oxygens (including phenoxy) is 1. The molecule has 0 aliphatic carbocycles. The molecule has 0 amide bonds. The number of pyridine rings is 1. The van der Waals surface area contributed by atoms with E-state index < -0.39 is 0 Å². The third-order valence-electron chi connectivity index (χ3n) is 3.99. The van der Waals surface area contributed by atoms with Crippen molar-refractivity contribution in [2.45, 2.75) is 19.8 Å². The average molecular weight is 331 g/mol. The van der Waals surface area contributed by atoms with Gasteiger partial charge in [0.2, 0.25) is 5.78 Å². The van der Waals surface area contributed by atoms with Crippen LogP contribution in [0, 0.1) is 0 Å². The van der Waals surface area contributed by atoms with Crippen molar-refractivity contribution in [3.8, 4) is 16.9 Å². The Balaban J connectivity index is 2.06. The summed E-state index contributed by atoms with van der Waals surface area (Å²) in [6, 6.07) is 21.0. The predicted molar refractivity (Wildman–Crippen MR) is 100.0 cm³/mol. The van der Waals surface area contributed by atoms with E-state index in [1.807, 2.05) is 54.6 Å². The van der Waals surface area contributed by atoms with Gasteiger partial charge in [0.25, 0.3) is 0 Å². The van der Waals surface area contributed by atoms with Crippen LogP contribution in [0.5, 0.6) is 5.75 Å². The fourth-order valence-corrected chi connectivity index (χ4v) is 2.67. The number of hydrogen-bond donors (Lipinski definition) is 0. The summed E-state index contributed by atoms with van der Waals surface area (Å²) in [4.78, 5) is 17.1. The Hall–Kier alpha value is -2.94. The highest BCUT2D eigenvalue weighted by molar-refractivity contribution is 6.10. The van der Waals surface area contributed by atoms with Crippen molar-refractivity contribution < 1.29 is 9.53 Å². The maximum absolute atomic E-state index is 12.9. The standard InChI is InChI=1S/C22H21NO2/c1-2-3-16-25-22-18(17-10-5-4-6-11-17)12-9-13-19(22)21(24)20-14-7-8-15-23-20/h4-15H,2-3,16H2,1H3. The summed E-state index contributed by atoms with van der Waals surface area (Å²) >= 11 is 0. The van der Waals surface area contributed by atoms with Crippen LogP contribution in [-0.4, -0.2) is 17.4 Å². The van der Waals surface area contributed by atoms with E-state index in [4.69, 9.17) is 4.74 Å². The molecule has 0 radical (unpaired) electrons. The Kier molecular flexibility index (Phi) is 5.57. The molecule has 0 aliphatic rings. The van der Waals surface area contributed by atoms with Gasteiger partial charge < -0.3 is 4.74 Å². The van der Waals surface area contributed by atoms with Gasteiger partial charge in [-0.15, -0.1) is 0 Å². The third kappa shape index (κ3) is 3.94. The number of unbranched alkanes of at least 4 members (excludes halogenated alkanes) is 1. The number of para-hydroxylation sites is 1. The molecule has 126 valence electrons. The van der Waals surface area contributed by atoms with E-state index in [0.717, 1.165) is 24.0 Å². The van der Waals surface area contributed by atoms with E-state index in [-0.39, 0.29) is 5.78 Å². The molecule has 0 aliphatic heterocycles. The molecular weight excluding hydrogens is 310 g/mol. The highest BCUT2D eigenvalue weighted by Crippen LogP contribution is 2.34. The van der Waals surface area contributed by atoms with E-state index in [1.165, 1.54) is 0 Å². The molecule has 3 aromatic rings. The van der Waals surface area contributed by atoms with Crippen molar-refractivity contribution in [3.63, 3.8) is 0 Å². The normalized spacial score (nSPS) is 10.4. The average Bonchev–Trinajstić information content (AvgIpc) is 2.69. The van der Waals surface area contributed by atoms with Crippen molar-refractivity contribution >= 4 is 5.78 Å². The Morgan fingerprint density at radius 2 is 1.76 bits per heavy atom. The number of aromatic nitrogens is 1. The number of benzene rings is 2. The van der Waals surface area contributed by atoms with E-state index in [0.29, 0.717) is 23.6 Å². The van der Waals surface area contributed by atoms with Crippen LogP contribution >= 0.6 is 0 Å². The quantitative estimate of drug-likeness (QED) is 0.443. The first kappa shape index (κ1) is 16.9. The zero-order valence-corrected chi connectivity index (χ0v) is 14.3. The van der Waals surface area contributed by atoms with E-state index in [9.17, 15) is 4.79 Å². The highest BCUT2D eigenvalue weighted by Gasteiger charge is 2.19. The lowest BCUT2D eigenvalue weighted by Crippen LogP contribution is -2.09. The smallest absolute Gasteiger partial charge is 0.215 e. The molecule has 25 heavy (non-hydrogen) atoms. The molecule has 0 unspecified atom stereocenters. The summed E-state index contributed by atoms with van der Waals surface area (Å²) < 4.78 is 6.06. The molecule has 0 fully saturated rings. The first-order chi connectivity index (χ1) is 12.3. The molecule has 1 heterocycles. The third-order valence-corrected chi connectivity index (χ3v) is 3.99. The molecule has 3 rings (SSSR count). The Bertz CT molecular complexity index is 829. The van der Waals surface area contributed by atoms with Crippen LogP contribution in [0.3, 0.4) is 0 Å². The van der Waals surface area contributed by atoms with Gasteiger partial charge >= 0.3 is 0 Å². The predicted octanol–water partition coefficient (Wildman–Crippen LogP) is 5.16. The minimum absolute atomic E-state index is 0.120. The SMILES string of the molecule is CCCCOc1c(C(=O)c2ccccn2)cccc1-c1ccccc1. The summed E-state index contributed by atoms with van der Waals surface area (Å²) in [5.41, 5.74) is 2.94. The minimum atomic E-state index is -0.120. The van der Waals surface area contributed by atoms with Gasteiger partial charge in [-0.05, 0) is 30.2 Å². The second-order valence-electron chi connectivity index (χ2n) is 5.79. The molecule has 0 bridgehead atoms. The van der Waals surface area contributed by atoms with Gasteiger partial charge in [0, 0.05) is 11.8 Å². The van der Waals surface area contributed by atoms with Crippen molar-refractivity contribution in [2.24, 2.45) is 0 Å². The summed E-state index contributed by atoms with van der Waals surface area (Å²) in [6.07, 6.45) is 3.61. The van der Waals surface area contributed by atoms with Crippen LogP contribution in [-0.2, 0) is 0 Å². The van der Waals surface area contributed by atoms with E-state index in [2.05, 4.69) is 11.9 Å². The maximum Gasteiger partial charge on any atom is 0.215 e. The zero-order valence-electron chi connectivity index (χ0n) is 14.3. The number of hydrogen-bond acceptors (Lipinski definition) is 3. The Morgan fingerprint density at radius 1 is 0.960 bits per heavy atom. The van der Waals surface area contributed by atoms with Gasteiger partial charge in [0.05, 0.1) is 12.2 Å². The highest BCUT2D eigenvalue weighted by atomic mass is 16.5. The summed E-state index contributed by atoms with van der Waals surface area (Å²) in [5, 5.41) is 0. The van der Waals surface area contributed by atoms with Crippen molar-refractivity contribution in [1.29, 1.82) is 0 Å². The fraction of sp³-hybridized carbons (Fsp3) is 0.182. The van der Waals surface area contributed by atoms with Gasteiger partial charge in [-0.2, -0.15) is 0 Å². The van der Waals surface area contributed by atoms with Gasteiger partial charge in [0.15, 0.2) is 0 Å². The first-order valence-electron chi connectivity index (χ1n) is 8.58. The number of carbonyl (C=O) groups is 1. The molecule has 0 saturated heterocycles. The Morgan fingerprint density at radius 3 is 2.48 bits per heavy atom. The molecule has 3 nitrogen and oxygen atoms in total. The summed E-state index contributed by atoms with van der Waals surface area (Å²) in [6.45, 7) is 2.70. The largest absolute Gasteiger partial charge is 0.492 e. The lowest BCUT2D eigenvalue weighted by Gasteiger charge is -2.15. The van der Waals surface area contributed by atoms with Crippen LogP contribution in [0.2, 0.25) is 0 Å². The molecule has 2 aromatic carbocycles. The van der Waals surface area contributed by atoms with Gasteiger partial charge in [-0.25, -0.2) is 0 Å². The molecule has 0 N–H and O–H groups in total. The maximum atomic E-state index is 12.9. The fourth-order valence-electron chi connectivity index (χ4n) is 2.67. The first-order valence-corrected chi connectivity index (χ1v) is 8.58. The van der Waals surface area contributed by atoms with E-state index >= 15 is 0 Å². The van der Waals surface area contributed by atoms with Gasteiger partial charge in [0.1, 0.15) is 11.4 Å². The van der Waals surface area contributed by atoms with Crippen LogP contribution in [0.4, 0.5) is 0 Å². The molecule has 0 spiro atoms. The van der Waals surface area contributed by atoms with Crippen molar-refractivity contribution in [3.05, 3.63) is 84.2 Å². The van der Waals surface area contributed by atoms with E-state index in [1.54, 1.807) is 18.3 Å². The topological polar surface area (TPSA) is 39.2 Å². The number of ketones is 1. The van der Waals surface area contributed by atoms with Crippen LogP contribution in [0.1, 0.15) is 35.8 Å². The van der Waals surface area contributed by atoms with Gasteiger partial charge in [-0.3, -0.25) is 9.78 Å². The van der Waals surface area contributed by atoms with Crippen molar-refractivity contribution in [1.82, 2.24) is 4.98 Å². The summed E-state index contributed by atoms with van der Waals surface area (Å²) in [5.74, 6) is 0.516. The minimum Gasteiger partial charge on any atom is -0.492 e. The van der Waals surface area contributed by atoms with Crippen molar-refractivity contribution in [2.75, 3.05) is 6.61 Å². The second-order valence-corrected chi connectivity index (χ2v) is 5.79. The summed E-state index contributed by atoms with van der Waals surface area (Å²) in [7, 11) is 0. The molecule has 1 aromatic heterocycles. The second kappa shape index (κ2) is 8.25. The van der Waals surface area contributed by atoms with Crippen LogP contribution in [0.25, 0.3) is 11.1 Å². The van der Waals surface area contributed by atoms with Gasteiger partial charge in [-0.1, -0.05) is 61.9 Å². The monoisotopic (exact) mass is 331 g/mol. The number of nitrogens with zero attached hydrogens (tertiary/aromatic N) is 1. The Labute approximate surface area is 148 Å². The lowest BCUT2D eigenvalue weighted by atomic mass is 9.98. The zero-order chi connectivity index (χ0) is 17.5. The number of rotatable bonds is 7. The molecule has 0 atom stereocenters. The van der Waals surface area contributed by atoms with Crippen LogP contribution < -0.4 is 4.74 Å². The molecule has 0 saturated carbocycles. The molecular formula is C22H21NO2. The number of carbonyl (C=O) groups excluding carboxylic acids is 1.